The lowest BCUT2D eigenvalue weighted by Crippen LogP contribution is -2.32. The molecule has 32 heavy (non-hydrogen) atoms. The first kappa shape index (κ1) is 24.9. The summed E-state index contributed by atoms with van der Waals surface area (Å²) < 4.78 is 21.6. The molecular formula is C22H26ClN3O6. The van der Waals surface area contributed by atoms with Crippen LogP contribution in [-0.2, 0) is 9.59 Å². The average Bonchev–Trinajstić information content (AvgIpc) is 2.77. The zero-order valence-corrected chi connectivity index (χ0v) is 19.4. The number of benzene rings is 2. The number of hydrogen-bond acceptors (Lipinski definition) is 8. The number of para-hydroxylation sites is 1. The molecule has 0 spiro atoms. The van der Waals surface area contributed by atoms with Crippen LogP contribution in [0.1, 0.15) is 20.8 Å². The first-order chi connectivity index (χ1) is 15.4. The van der Waals surface area contributed by atoms with Gasteiger partial charge in [0.25, 0.3) is 5.91 Å². The van der Waals surface area contributed by atoms with Gasteiger partial charge in [0.2, 0.25) is 6.04 Å². The van der Waals surface area contributed by atoms with Gasteiger partial charge in [0, 0.05) is 0 Å². The number of Topliss-reactive ketones (excluding diaryl/α,β-unsaturated/α-hetero) is 1. The summed E-state index contributed by atoms with van der Waals surface area (Å²) in [5.74, 6) is 0.238. The fraction of sp³-hybridized carbons (Fsp3) is 0.364. The third-order valence-electron chi connectivity index (χ3n) is 4.21. The standard InChI is InChI=1S/C22H26ClN3O6/c1-6-31-15-11-12-16(32-7-2)20(18(15)23)24-22(28)19(13(3)27)26-25-14-9-8-10-17(29-4)21(14)30-5/h8-12,19H,6-7H2,1-5H3,(H,24,28). The normalized spacial score (nSPS) is 11.7. The van der Waals surface area contributed by atoms with Gasteiger partial charge >= 0.3 is 0 Å². The number of nitrogens with one attached hydrogen (secondary N) is 1. The molecule has 1 unspecified atom stereocenters. The Labute approximate surface area is 191 Å². The topological polar surface area (TPSA) is 108 Å². The van der Waals surface area contributed by atoms with Gasteiger partial charge in [0.15, 0.2) is 17.3 Å². The molecule has 0 radical (unpaired) electrons. The Hall–Kier alpha value is -3.33. The van der Waals surface area contributed by atoms with Crippen molar-refractivity contribution in [3.8, 4) is 23.0 Å². The van der Waals surface area contributed by atoms with Crippen molar-refractivity contribution >= 4 is 34.7 Å². The van der Waals surface area contributed by atoms with E-state index in [0.29, 0.717) is 41.9 Å². The number of carbonyl (C=O) groups is 2. The van der Waals surface area contributed by atoms with Crippen LogP contribution in [0.3, 0.4) is 0 Å². The maximum Gasteiger partial charge on any atom is 0.258 e. The summed E-state index contributed by atoms with van der Waals surface area (Å²) in [6.45, 7) is 5.58. The Morgan fingerprint density at radius 2 is 1.66 bits per heavy atom. The molecule has 0 saturated heterocycles. The molecule has 9 nitrogen and oxygen atoms in total. The van der Waals surface area contributed by atoms with E-state index < -0.39 is 17.7 Å². The van der Waals surface area contributed by atoms with Crippen LogP contribution in [0.15, 0.2) is 40.6 Å². The molecule has 0 aliphatic heterocycles. The van der Waals surface area contributed by atoms with E-state index in [1.54, 1.807) is 37.3 Å². The minimum atomic E-state index is -1.42. The number of amides is 1. The average molecular weight is 464 g/mol. The Balaban J connectivity index is 2.37. The maximum atomic E-state index is 12.9. The lowest BCUT2D eigenvalue weighted by atomic mass is 10.2. The van der Waals surface area contributed by atoms with E-state index in [2.05, 4.69) is 15.5 Å². The highest BCUT2D eigenvalue weighted by Gasteiger charge is 2.26. The summed E-state index contributed by atoms with van der Waals surface area (Å²) in [6, 6.07) is 6.84. The van der Waals surface area contributed by atoms with Gasteiger partial charge in [-0.2, -0.15) is 10.2 Å². The Morgan fingerprint density at radius 3 is 2.25 bits per heavy atom. The first-order valence-corrected chi connectivity index (χ1v) is 10.3. The molecule has 0 saturated carbocycles. The molecule has 2 aromatic rings. The maximum absolute atomic E-state index is 12.9. The lowest BCUT2D eigenvalue weighted by Gasteiger charge is -2.17. The van der Waals surface area contributed by atoms with E-state index in [4.69, 9.17) is 30.5 Å². The molecule has 1 N–H and O–H groups in total. The summed E-state index contributed by atoms with van der Waals surface area (Å²) in [6.07, 6.45) is 0. The van der Waals surface area contributed by atoms with Gasteiger partial charge in [-0.15, -0.1) is 0 Å². The first-order valence-electron chi connectivity index (χ1n) is 9.89. The molecule has 10 heteroatoms. The van der Waals surface area contributed by atoms with E-state index in [1.165, 1.54) is 21.1 Å². The van der Waals surface area contributed by atoms with Crippen LogP contribution in [0.4, 0.5) is 11.4 Å². The number of rotatable bonds is 11. The van der Waals surface area contributed by atoms with Gasteiger partial charge in [-0.3, -0.25) is 9.59 Å². The predicted octanol–water partition coefficient (Wildman–Crippen LogP) is 4.83. The zero-order chi connectivity index (χ0) is 23.7. The van der Waals surface area contributed by atoms with Crippen molar-refractivity contribution in [3.05, 3.63) is 35.4 Å². The van der Waals surface area contributed by atoms with Crippen molar-refractivity contribution in [2.45, 2.75) is 26.8 Å². The molecule has 0 bridgehead atoms. The van der Waals surface area contributed by atoms with E-state index in [9.17, 15) is 9.59 Å². The second-order valence-electron chi connectivity index (χ2n) is 6.35. The number of ketones is 1. The lowest BCUT2D eigenvalue weighted by molar-refractivity contribution is -0.126. The number of carbonyl (C=O) groups excluding carboxylic acids is 2. The summed E-state index contributed by atoms with van der Waals surface area (Å²) in [5.41, 5.74) is 0.488. The number of halogens is 1. The smallest absolute Gasteiger partial charge is 0.258 e. The van der Waals surface area contributed by atoms with Crippen molar-refractivity contribution < 1.29 is 28.5 Å². The minimum absolute atomic E-state index is 0.153. The second-order valence-corrected chi connectivity index (χ2v) is 6.73. The monoisotopic (exact) mass is 463 g/mol. The Bertz CT molecular complexity index is 996. The third kappa shape index (κ3) is 5.88. The Morgan fingerprint density at radius 1 is 1.00 bits per heavy atom. The van der Waals surface area contributed by atoms with Gasteiger partial charge in [0.1, 0.15) is 27.9 Å². The minimum Gasteiger partial charge on any atom is -0.493 e. The number of anilines is 1. The number of azo groups is 1. The molecule has 2 aromatic carbocycles. The van der Waals surface area contributed by atoms with Crippen molar-refractivity contribution in [1.29, 1.82) is 0 Å². The molecule has 172 valence electrons. The fourth-order valence-corrected chi connectivity index (χ4v) is 3.04. The van der Waals surface area contributed by atoms with Crippen LogP contribution < -0.4 is 24.3 Å². The summed E-state index contributed by atoms with van der Waals surface area (Å²) in [7, 11) is 2.94. The Kier molecular flexibility index (Phi) is 9.27. The van der Waals surface area contributed by atoms with Gasteiger partial charge in [-0.25, -0.2) is 0 Å². The highest BCUT2D eigenvalue weighted by Crippen LogP contribution is 2.40. The third-order valence-corrected chi connectivity index (χ3v) is 4.59. The van der Waals surface area contributed by atoms with Crippen molar-refractivity contribution in [1.82, 2.24) is 0 Å². The molecule has 1 amide bonds. The van der Waals surface area contributed by atoms with E-state index >= 15 is 0 Å². The quantitative estimate of drug-likeness (QED) is 0.377. The SMILES string of the molecule is CCOc1ccc(OCC)c(NC(=O)C(N=Nc2cccc(OC)c2OC)C(C)=O)c1Cl. The van der Waals surface area contributed by atoms with Crippen molar-refractivity contribution in [3.63, 3.8) is 0 Å². The zero-order valence-electron chi connectivity index (χ0n) is 18.6. The van der Waals surface area contributed by atoms with Crippen molar-refractivity contribution in [2.75, 3.05) is 32.8 Å². The molecule has 0 aliphatic carbocycles. The number of methoxy groups -OCH3 is 2. The van der Waals surface area contributed by atoms with E-state index in [0.717, 1.165) is 0 Å². The molecule has 0 fully saturated rings. The molecule has 0 aliphatic rings. The molecule has 0 aromatic heterocycles. The van der Waals surface area contributed by atoms with Crippen LogP contribution in [0.2, 0.25) is 5.02 Å². The van der Waals surface area contributed by atoms with Gasteiger partial charge in [0.05, 0.1) is 27.4 Å². The van der Waals surface area contributed by atoms with Crippen LogP contribution in [0.5, 0.6) is 23.0 Å². The molecule has 2 rings (SSSR count). The summed E-state index contributed by atoms with van der Waals surface area (Å²) >= 11 is 6.41. The largest absolute Gasteiger partial charge is 0.493 e. The number of hydrogen-bond donors (Lipinski definition) is 1. The predicted molar refractivity (Wildman–Crippen MR) is 121 cm³/mol. The van der Waals surface area contributed by atoms with Crippen LogP contribution in [0, 0.1) is 0 Å². The van der Waals surface area contributed by atoms with Crippen LogP contribution in [-0.4, -0.2) is 45.2 Å². The number of ether oxygens (including phenoxy) is 4. The fourth-order valence-electron chi connectivity index (χ4n) is 2.78. The van der Waals surface area contributed by atoms with Crippen LogP contribution >= 0.6 is 11.6 Å². The summed E-state index contributed by atoms with van der Waals surface area (Å²) in [4.78, 5) is 25.1. The van der Waals surface area contributed by atoms with E-state index in [1.807, 2.05) is 6.92 Å². The summed E-state index contributed by atoms with van der Waals surface area (Å²) in [5, 5.41) is 10.8. The van der Waals surface area contributed by atoms with Crippen molar-refractivity contribution in [2.24, 2.45) is 10.2 Å². The van der Waals surface area contributed by atoms with Gasteiger partial charge in [-0.1, -0.05) is 17.7 Å². The second kappa shape index (κ2) is 11.9. The highest BCUT2D eigenvalue weighted by atomic mass is 35.5. The van der Waals surface area contributed by atoms with Gasteiger partial charge in [-0.05, 0) is 45.0 Å². The highest BCUT2D eigenvalue weighted by molar-refractivity contribution is 6.35. The van der Waals surface area contributed by atoms with E-state index in [-0.39, 0.29) is 10.7 Å². The van der Waals surface area contributed by atoms with Gasteiger partial charge < -0.3 is 24.3 Å². The molecule has 0 heterocycles. The molecular weight excluding hydrogens is 438 g/mol. The molecule has 1 atom stereocenters. The number of nitrogens with zero attached hydrogens (tertiary/aromatic N) is 2. The van der Waals surface area contributed by atoms with Crippen LogP contribution in [0.25, 0.3) is 0 Å².